The lowest BCUT2D eigenvalue weighted by Gasteiger charge is -2.05. The summed E-state index contributed by atoms with van der Waals surface area (Å²) in [6.45, 7) is 3.23. The van der Waals surface area contributed by atoms with Crippen molar-refractivity contribution in [3.8, 4) is 0 Å². The molecule has 1 amide bonds. The number of aromatic nitrogens is 2. The zero-order valence-electron chi connectivity index (χ0n) is 12.2. The molecule has 0 aliphatic rings. The zero-order valence-corrected chi connectivity index (χ0v) is 13.0. The Morgan fingerprint density at radius 2 is 2.05 bits per heavy atom. The van der Waals surface area contributed by atoms with Crippen molar-refractivity contribution < 1.29 is 14.3 Å². The van der Waals surface area contributed by atoms with Gasteiger partial charge in [0.05, 0.1) is 0 Å². The first-order valence-electron chi connectivity index (χ1n) is 6.53. The average Bonchev–Trinajstić information content (AvgIpc) is 2.95. The second-order valence-electron chi connectivity index (χ2n) is 4.48. The van der Waals surface area contributed by atoms with Gasteiger partial charge in [-0.2, -0.15) is 0 Å². The van der Waals surface area contributed by atoms with Crippen LogP contribution in [0.2, 0.25) is 0 Å². The summed E-state index contributed by atoms with van der Waals surface area (Å²) in [6.07, 6.45) is 2.92. The third-order valence-electron chi connectivity index (χ3n) is 2.51. The number of esters is 1. The smallest absolute Gasteiger partial charge is 0.331 e. The number of nitrogens with zero attached hydrogens (tertiary/aromatic N) is 2. The molecule has 0 unspecified atom stereocenters. The van der Waals surface area contributed by atoms with Crippen LogP contribution in [0.25, 0.3) is 6.08 Å². The van der Waals surface area contributed by atoms with Gasteiger partial charge in [0.25, 0.3) is 5.91 Å². The minimum Gasteiger partial charge on any atom is -0.452 e. The molecule has 0 saturated heterocycles. The summed E-state index contributed by atoms with van der Waals surface area (Å²) in [6, 6.07) is 5.55. The van der Waals surface area contributed by atoms with Gasteiger partial charge >= 0.3 is 5.97 Å². The van der Waals surface area contributed by atoms with Crippen molar-refractivity contribution in [3.63, 3.8) is 0 Å². The number of carbonyl (C=O) groups excluding carboxylic acids is 2. The normalized spacial score (nSPS) is 10.6. The second kappa shape index (κ2) is 7.46. The van der Waals surface area contributed by atoms with E-state index in [-0.39, 0.29) is 12.6 Å². The predicted molar refractivity (Wildman–Crippen MR) is 84.4 cm³/mol. The fourth-order valence-corrected chi connectivity index (χ4v) is 2.28. The van der Waals surface area contributed by atoms with E-state index in [1.165, 1.54) is 17.4 Å². The first-order chi connectivity index (χ1) is 10.5. The molecule has 6 nitrogen and oxygen atoms in total. The van der Waals surface area contributed by atoms with E-state index < -0.39 is 11.9 Å². The van der Waals surface area contributed by atoms with E-state index in [0.717, 1.165) is 16.3 Å². The van der Waals surface area contributed by atoms with Crippen LogP contribution in [-0.2, 0) is 14.3 Å². The van der Waals surface area contributed by atoms with Crippen molar-refractivity contribution in [2.24, 2.45) is 0 Å². The van der Waals surface area contributed by atoms with Crippen molar-refractivity contribution in [2.45, 2.75) is 13.8 Å². The Kier molecular flexibility index (Phi) is 5.37. The Morgan fingerprint density at radius 1 is 1.32 bits per heavy atom. The molecular weight excluding hydrogens is 302 g/mol. The third kappa shape index (κ3) is 5.10. The SMILES string of the molecule is Cc1cc(C)nc(NC(=O)COC(=O)C=Cc2cccs2)n1. The summed E-state index contributed by atoms with van der Waals surface area (Å²) in [7, 11) is 0. The molecule has 0 bridgehead atoms. The van der Waals surface area contributed by atoms with E-state index in [4.69, 9.17) is 4.74 Å². The lowest BCUT2D eigenvalue weighted by atomic mass is 10.4. The van der Waals surface area contributed by atoms with Crippen molar-refractivity contribution in [1.29, 1.82) is 0 Å². The lowest BCUT2D eigenvalue weighted by molar-refractivity contribution is -0.142. The highest BCUT2D eigenvalue weighted by molar-refractivity contribution is 7.10. The van der Waals surface area contributed by atoms with E-state index in [1.54, 1.807) is 26.0 Å². The van der Waals surface area contributed by atoms with E-state index >= 15 is 0 Å². The largest absolute Gasteiger partial charge is 0.452 e. The maximum Gasteiger partial charge on any atom is 0.331 e. The van der Waals surface area contributed by atoms with Crippen molar-refractivity contribution in [2.75, 3.05) is 11.9 Å². The summed E-state index contributed by atoms with van der Waals surface area (Å²) in [5.74, 6) is -0.861. The number of hydrogen-bond donors (Lipinski definition) is 1. The third-order valence-corrected chi connectivity index (χ3v) is 3.34. The maximum atomic E-state index is 11.7. The number of ether oxygens (including phenoxy) is 1. The van der Waals surface area contributed by atoms with Gasteiger partial charge in [0.15, 0.2) is 6.61 Å². The van der Waals surface area contributed by atoms with Crippen LogP contribution >= 0.6 is 11.3 Å². The predicted octanol–water partition coefficient (Wildman–Crippen LogP) is 2.35. The molecular formula is C15H15N3O3S. The molecule has 2 heterocycles. The lowest BCUT2D eigenvalue weighted by Crippen LogP contribution is -2.21. The number of anilines is 1. The van der Waals surface area contributed by atoms with Crippen molar-refractivity contribution in [3.05, 3.63) is 45.9 Å². The Labute approximate surface area is 131 Å². The molecule has 0 aromatic carbocycles. The summed E-state index contributed by atoms with van der Waals surface area (Å²) in [5.41, 5.74) is 1.50. The minimum atomic E-state index is -0.579. The van der Waals surface area contributed by atoms with E-state index in [0.29, 0.717) is 0 Å². The average molecular weight is 317 g/mol. The topological polar surface area (TPSA) is 81.2 Å². The van der Waals surface area contributed by atoms with Crippen LogP contribution in [0, 0.1) is 13.8 Å². The van der Waals surface area contributed by atoms with Crippen LogP contribution in [0.3, 0.4) is 0 Å². The first kappa shape index (κ1) is 15.8. The molecule has 0 radical (unpaired) electrons. The van der Waals surface area contributed by atoms with Crippen LogP contribution < -0.4 is 5.32 Å². The Morgan fingerprint density at radius 3 is 2.68 bits per heavy atom. The molecule has 7 heteroatoms. The zero-order chi connectivity index (χ0) is 15.9. The number of rotatable bonds is 5. The Hall–Kier alpha value is -2.54. The van der Waals surface area contributed by atoms with Crippen LogP contribution in [-0.4, -0.2) is 28.5 Å². The second-order valence-corrected chi connectivity index (χ2v) is 5.46. The monoisotopic (exact) mass is 317 g/mol. The highest BCUT2D eigenvalue weighted by Crippen LogP contribution is 2.10. The van der Waals surface area contributed by atoms with Crippen molar-refractivity contribution in [1.82, 2.24) is 9.97 Å². The maximum absolute atomic E-state index is 11.7. The summed E-state index contributed by atoms with van der Waals surface area (Å²) >= 11 is 1.50. The molecule has 2 aromatic rings. The molecule has 2 rings (SSSR count). The van der Waals surface area contributed by atoms with Crippen LogP contribution in [0.1, 0.15) is 16.3 Å². The molecule has 0 spiro atoms. The Balaban J connectivity index is 1.81. The van der Waals surface area contributed by atoms with Crippen molar-refractivity contribution >= 4 is 35.2 Å². The molecule has 0 aliphatic carbocycles. The van der Waals surface area contributed by atoms with Gasteiger partial charge < -0.3 is 4.74 Å². The number of carbonyl (C=O) groups is 2. The van der Waals surface area contributed by atoms with Gasteiger partial charge in [-0.3, -0.25) is 10.1 Å². The molecule has 0 fully saturated rings. The van der Waals surface area contributed by atoms with Gasteiger partial charge in [-0.05, 0) is 37.4 Å². The summed E-state index contributed by atoms with van der Waals surface area (Å²) in [4.78, 5) is 32.3. The number of nitrogens with one attached hydrogen (secondary N) is 1. The van der Waals surface area contributed by atoms with Crippen LogP contribution in [0.4, 0.5) is 5.95 Å². The van der Waals surface area contributed by atoms with E-state index in [2.05, 4.69) is 15.3 Å². The fourth-order valence-electron chi connectivity index (χ4n) is 1.66. The molecule has 114 valence electrons. The van der Waals surface area contributed by atoms with E-state index in [9.17, 15) is 9.59 Å². The van der Waals surface area contributed by atoms with Crippen LogP contribution in [0.5, 0.6) is 0 Å². The van der Waals surface area contributed by atoms with E-state index in [1.807, 2.05) is 17.5 Å². The quantitative estimate of drug-likeness (QED) is 0.676. The summed E-state index contributed by atoms with van der Waals surface area (Å²) < 4.78 is 4.85. The van der Waals surface area contributed by atoms with Gasteiger partial charge in [0.2, 0.25) is 5.95 Å². The summed E-state index contributed by atoms with van der Waals surface area (Å²) in [5, 5.41) is 4.39. The van der Waals surface area contributed by atoms with Crippen LogP contribution in [0.15, 0.2) is 29.7 Å². The van der Waals surface area contributed by atoms with Gasteiger partial charge in [0, 0.05) is 22.3 Å². The highest BCUT2D eigenvalue weighted by atomic mass is 32.1. The highest BCUT2D eigenvalue weighted by Gasteiger charge is 2.08. The van der Waals surface area contributed by atoms with Gasteiger partial charge in [0.1, 0.15) is 0 Å². The number of thiophene rings is 1. The minimum absolute atomic E-state index is 0.202. The molecule has 0 saturated carbocycles. The number of amides is 1. The Bertz CT molecular complexity index is 676. The van der Waals surface area contributed by atoms with Gasteiger partial charge in [-0.1, -0.05) is 6.07 Å². The van der Waals surface area contributed by atoms with Gasteiger partial charge in [-0.25, -0.2) is 14.8 Å². The van der Waals surface area contributed by atoms with Gasteiger partial charge in [-0.15, -0.1) is 11.3 Å². The number of hydrogen-bond acceptors (Lipinski definition) is 6. The molecule has 2 aromatic heterocycles. The fraction of sp³-hybridized carbons (Fsp3) is 0.200. The molecule has 1 N–H and O–H groups in total. The molecule has 0 aliphatic heterocycles. The molecule has 0 atom stereocenters. The number of aryl methyl sites for hydroxylation is 2. The standard InChI is InChI=1S/C15H15N3O3S/c1-10-8-11(2)17-15(16-10)18-13(19)9-21-14(20)6-5-12-4-3-7-22-12/h3-8H,9H2,1-2H3,(H,16,17,18,19). The first-order valence-corrected chi connectivity index (χ1v) is 7.41. The molecule has 22 heavy (non-hydrogen) atoms.